The van der Waals surface area contributed by atoms with Crippen molar-refractivity contribution in [3.05, 3.63) is 74.6 Å². The molecule has 3 heterocycles. The zero-order valence-electron chi connectivity index (χ0n) is 16.6. The van der Waals surface area contributed by atoms with Gasteiger partial charge in [-0.1, -0.05) is 18.2 Å². The highest BCUT2D eigenvalue weighted by Crippen LogP contribution is 2.10. The van der Waals surface area contributed by atoms with Crippen LogP contribution in [0.3, 0.4) is 0 Å². The molecule has 1 aromatic carbocycles. The molecule has 8 heteroatoms. The van der Waals surface area contributed by atoms with Gasteiger partial charge in [0.2, 0.25) is 0 Å². The molecule has 0 spiro atoms. The van der Waals surface area contributed by atoms with Crippen molar-refractivity contribution in [2.45, 2.75) is 13.8 Å². The van der Waals surface area contributed by atoms with Crippen LogP contribution in [0.4, 0.5) is 0 Å². The maximum absolute atomic E-state index is 9.19. The van der Waals surface area contributed by atoms with E-state index >= 15 is 0 Å². The molecule has 7 nitrogen and oxygen atoms in total. The molecule has 4 rings (SSSR count). The second-order valence-electron chi connectivity index (χ2n) is 6.79. The highest BCUT2D eigenvalue weighted by molar-refractivity contribution is 7.85. The lowest BCUT2D eigenvalue weighted by atomic mass is 10.2. The van der Waals surface area contributed by atoms with E-state index in [1.165, 1.54) is 5.56 Å². The third kappa shape index (κ3) is 5.24. The first-order valence-electron chi connectivity index (χ1n) is 8.87. The average molecular weight is 413 g/mol. The minimum Gasteiger partial charge on any atom is -0.494 e. The Morgan fingerprint density at radius 1 is 1.14 bits per heavy atom. The van der Waals surface area contributed by atoms with E-state index in [4.69, 9.17) is 14.3 Å². The number of benzene rings is 1. The topological polar surface area (TPSA) is 108 Å². The Kier molecular flexibility index (Phi) is 5.76. The summed E-state index contributed by atoms with van der Waals surface area (Å²) < 4.78 is 31.4. The van der Waals surface area contributed by atoms with Crippen molar-refractivity contribution >= 4 is 28.0 Å². The predicted molar refractivity (Wildman–Crippen MR) is 113 cm³/mol. The molecule has 0 aliphatic carbocycles. The first-order valence-corrected chi connectivity index (χ1v) is 10.7. The monoisotopic (exact) mass is 413 g/mol. The minimum absolute atomic E-state index is 0.715. The summed E-state index contributed by atoms with van der Waals surface area (Å²) in [4.78, 5) is 11.5. The van der Waals surface area contributed by atoms with Crippen LogP contribution in [-0.2, 0) is 10.1 Å². The van der Waals surface area contributed by atoms with Crippen molar-refractivity contribution in [1.29, 1.82) is 0 Å². The number of fused-ring (bicyclic) bond motifs is 1. The number of aromatic nitrogens is 2. The second-order valence-corrected chi connectivity index (χ2v) is 8.26. The Balaban J connectivity index is 0.000000431. The first-order chi connectivity index (χ1) is 13.6. The predicted octanol–water partition coefficient (Wildman–Crippen LogP) is 0.523. The number of methoxy groups -OCH3 is 1. The Labute approximate surface area is 168 Å². The smallest absolute Gasteiger partial charge is 0.261 e. The van der Waals surface area contributed by atoms with Crippen LogP contribution in [0, 0.1) is 13.8 Å². The summed E-state index contributed by atoms with van der Waals surface area (Å²) >= 11 is 0. The number of para-hydroxylation sites is 1. The van der Waals surface area contributed by atoms with E-state index in [2.05, 4.69) is 48.1 Å². The Hall–Kier alpha value is -3.10. The highest BCUT2D eigenvalue weighted by atomic mass is 32.2. The number of nitrogens with zero attached hydrogens (tertiary/aromatic N) is 1. The van der Waals surface area contributed by atoms with Crippen molar-refractivity contribution < 1.29 is 17.7 Å². The molecule has 2 aromatic heterocycles. The van der Waals surface area contributed by atoms with Crippen LogP contribution in [0.5, 0.6) is 5.75 Å². The number of rotatable bonds is 2. The van der Waals surface area contributed by atoms with Gasteiger partial charge in [-0.3, -0.25) is 4.55 Å². The quantitative estimate of drug-likeness (QED) is 0.533. The van der Waals surface area contributed by atoms with Gasteiger partial charge in [-0.15, -0.1) is 0 Å². The number of aromatic amines is 2. The van der Waals surface area contributed by atoms with Gasteiger partial charge in [0, 0.05) is 22.7 Å². The van der Waals surface area contributed by atoms with E-state index in [1.54, 1.807) is 7.11 Å². The van der Waals surface area contributed by atoms with Crippen LogP contribution >= 0.6 is 0 Å². The van der Waals surface area contributed by atoms with Gasteiger partial charge in [-0.05, 0) is 43.7 Å². The molecule has 0 saturated carbocycles. The van der Waals surface area contributed by atoms with Gasteiger partial charge in [0.1, 0.15) is 5.75 Å². The van der Waals surface area contributed by atoms with Gasteiger partial charge in [-0.2, -0.15) is 8.42 Å². The number of hydrogen-bond acceptors (Lipinski definition) is 4. The Morgan fingerprint density at radius 3 is 2.41 bits per heavy atom. The van der Waals surface area contributed by atoms with Crippen molar-refractivity contribution in [3.8, 4) is 5.75 Å². The molecule has 0 amide bonds. The Bertz CT molecular complexity index is 1350. The Morgan fingerprint density at radius 2 is 1.83 bits per heavy atom. The summed E-state index contributed by atoms with van der Waals surface area (Å²) in [5.74, 6) is 0.809. The van der Waals surface area contributed by atoms with Crippen LogP contribution in [0.25, 0.3) is 17.8 Å². The highest BCUT2D eigenvalue weighted by Gasteiger charge is 2.06. The van der Waals surface area contributed by atoms with Gasteiger partial charge in [0.15, 0.2) is 0 Å². The number of nitrogens with one attached hydrogen (secondary N) is 2. The lowest BCUT2D eigenvalue weighted by Crippen LogP contribution is -2.19. The van der Waals surface area contributed by atoms with Gasteiger partial charge in [0.25, 0.3) is 10.1 Å². The van der Waals surface area contributed by atoms with Crippen LogP contribution < -0.4 is 26.0 Å². The maximum Gasteiger partial charge on any atom is 0.261 e. The van der Waals surface area contributed by atoms with Gasteiger partial charge in [-0.25, -0.2) is 4.99 Å². The number of ether oxygens (including phenoxy) is 1. The largest absolute Gasteiger partial charge is 0.494 e. The molecule has 1 aliphatic rings. The SMILES string of the molecule is COc1c/c(=C2/C=c3ccccc3=N2)[nH]/c1=C\c1[nH]c(C)cc1C.CS(=O)(=O)O. The van der Waals surface area contributed by atoms with Gasteiger partial charge >= 0.3 is 0 Å². The van der Waals surface area contributed by atoms with Crippen molar-refractivity contribution in [2.24, 2.45) is 4.99 Å². The summed E-state index contributed by atoms with van der Waals surface area (Å²) in [5.41, 5.74) is 4.37. The fraction of sp³-hybridized carbons (Fsp3) is 0.190. The van der Waals surface area contributed by atoms with Crippen LogP contribution in [-0.4, -0.2) is 36.3 Å². The zero-order valence-corrected chi connectivity index (χ0v) is 17.5. The lowest BCUT2D eigenvalue weighted by Gasteiger charge is -1.94. The molecular weight excluding hydrogens is 390 g/mol. The minimum atomic E-state index is -3.67. The summed E-state index contributed by atoms with van der Waals surface area (Å²) in [7, 11) is -1.98. The van der Waals surface area contributed by atoms with E-state index in [-0.39, 0.29) is 0 Å². The molecule has 0 atom stereocenters. The van der Waals surface area contributed by atoms with Crippen LogP contribution in [0.2, 0.25) is 0 Å². The van der Waals surface area contributed by atoms with E-state index in [0.717, 1.165) is 44.1 Å². The third-order valence-corrected chi connectivity index (χ3v) is 4.25. The fourth-order valence-electron chi connectivity index (χ4n) is 3.07. The number of aryl methyl sites for hydroxylation is 2. The molecule has 152 valence electrons. The second kappa shape index (κ2) is 8.10. The standard InChI is InChI=1S/C20H19N3O.CH4O3S/c1-12-8-13(2)21-16(12)10-19-20(24-3)11-18(23-19)17-9-14-6-4-5-7-15(14)22-17;1-5(2,3)4/h4-11,21,23H,1-3H3;1H3,(H,2,3,4)/b18-17+,19-10-;. The summed E-state index contributed by atoms with van der Waals surface area (Å²) in [6.45, 7) is 4.15. The lowest BCUT2D eigenvalue weighted by molar-refractivity contribution is 0.412. The van der Waals surface area contributed by atoms with Gasteiger partial charge < -0.3 is 14.7 Å². The van der Waals surface area contributed by atoms with Crippen LogP contribution in [0.15, 0.2) is 41.4 Å². The molecule has 0 fully saturated rings. The molecular formula is C21H23N3O4S. The van der Waals surface area contributed by atoms with Crippen molar-refractivity contribution in [1.82, 2.24) is 9.97 Å². The molecule has 29 heavy (non-hydrogen) atoms. The first kappa shape index (κ1) is 20.6. The van der Waals surface area contributed by atoms with E-state index in [0.29, 0.717) is 6.26 Å². The van der Waals surface area contributed by atoms with E-state index in [9.17, 15) is 8.42 Å². The van der Waals surface area contributed by atoms with E-state index < -0.39 is 10.1 Å². The fourth-order valence-corrected chi connectivity index (χ4v) is 3.07. The molecule has 1 aliphatic heterocycles. The summed E-state index contributed by atoms with van der Waals surface area (Å²) in [6, 6.07) is 12.3. The maximum atomic E-state index is 9.19. The third-order valence-electron chi connectivity index (χ3n) is 4.25. The van der Waals surface area contributed by atoms with Gasteiger partial charge in [0.05, 0.1) is 35.1 Å². The number of H-pyrrole nitrogens is 2. The zero-order chi connectivity index (χ0) is 21.2. The number of hydrogen-bond donors (Lipinski definition) is 3. The molecule has 0 saturated heterocycles. The molecule has 0 radical (unpaired) electrons. The summed E-state index contributed by atoms with van der Waals surface area (Å²) in [5, 5.41) is 4.03. The normalized spacial score (nSPS) is 15.1. The van der Waals surface area contributed by atoms with Crippen LogP contribution in [0.1, 0.15) is 17.0 Å². The van der Waals surface area contributed by atoms with E-state index in [1.807, 2.05) is 24.3 Å². The molecule has 0 bridgehead atoms. The average Bonchev–Trinajstić information content (AvgIpc) is 3.30. The molecule has 0 unspecified atom stereocenters. The molecule has 3 aromatic rings. The molecule has 3 N–H and O–H groups in total. The summed E-state index contributed by atoms with van der Waals surface area (Å²) in [6.07, 6.45) is 4.88. The van der Waals surface area contributed by atoms with Crippen molar-refractivity contribution in [3.63, 3.8) is 0 Å². The van der Waals surface area contributed by atoms with Crippen molar-refractivity contribution in [2.75, 3.05) is 13.4 Å².